The normalized spacial score (nSPS) is 13.6. The first-order valence-electron chi connectivity index (χ1n) is 33.0. The zero-order valence-electron chi connectivity index (χ0n) is 51.9. The maximum atomic E-state index is 12.8. The van der Waals surface area contributed by atoms with Gasteiger partial charge in [0.2, 0.25) is 0 Å². The summed E-state index contributed by atoms with van der Waals surface area (Å²) in [5.74, 6) is -0.821. The van der Waals surface area contributed by atoms with E-state index in [1.165, 1.54) is 218 Å². The minimum Gasteiger partial charge on any atom is -0.756 e. The average molecular weight is 1120 g/mol. The number of hydrogen-bond acceptors (Lipinski definition) is 8. The first kappa shape index (κ1) is 75.7. The molecule has 2 atom stereocenters. The van der Waals surface area contributed by atoms with Crippen molar-refractivity contribution in [3.8, 4) is 0 Å². The number of carbonyl (C=O) groups is 2. The molecule has 0 spiro atoms. The lowest BCUT2D eigenvalue weighted by Gasteiger charge is -2.28. The highest BCUT2D eigenvalue weighted by atomic mass is 31.2. The van der Waals surface area contributed by atoms with Gasteiger partial charge in [0.25, 0.3) is 7.82 Å². The topological polar surface area (TPSA) is 111 Å². The van der Waals surface area contributed by atoms with Crippen molar-refractivity contribution < 1.29 is 42.1 Å². The second kappa shape index (κ2) is 59.3. The Morgan fingerprint density at radius 3 is 1.10 bits per heavy atom. The Labute approximate surface area is 483 Å². The van der Waals surface area contributed by atoms with E-state index in [1.807, 2.05) is 21.1 Å². The number of phosphoric ester groups is 1. The summed E-state index contributed by atoms with van der Waals surface area (Å²) in [5, 5.41) is 0. The lowest BCUT2D eigenvalue weighted by atomic mass is 10.0. The van der Waals surface area contributed by atoms with E-state index in [0.29, 0.717) is 17.4 Å². The van der Waals surface area contributed by atoms with Crippen LogP contribution >= 0.6 is 7.82 Å². The molecule has 456 valence electrons. The predicted molar refractivity (Wildman–Crippen MR) is 333 cm³/mol. The van der Waals surface area contributed by atoms with Gasteiger partial charge in [0.1, 0.15) is 19.8 Å². The van der Waals surface area contributed by atoms with Gasteiger partial charge in [-0.3, -0.25) is 14.2 Å². The zero-order valence-corrected chi connectivity index (χ0v) is 52.8. The number of nitrogens with zero attached hydrogens (tertiary/aromatic N) is 1. The van der Waals surface area contributed by atoms with Crippen LogP contribution in [-0.2, 0) is 32.7 Å². The third-order valence-corrected chi connectivity index (χ3v) is 15.5. The Kier molecular flexibility index (Phi) is 57.6. The highest BCUT2D eigenvalue weighted by molar-refractivity contribution is 7.45. The quantitative estimate of drug-likeness (QED) is 0.0195. The van der Waals surface area contributed by atoms with E-state index >= 15 is 0 Å². The Morgan fingerprint density at radius 2 is 0.731 bits per heavy atom. The van der Waals surface area contributed by atoms with Gasteiger partial charge in [-0.2, -0.15) is 0 Å². The molecule has 0 heterocycles. The smallest absolute Gasteiger partial charge is 0.306 e. The fraction of sp³-hybridized carbons (Fsp3) is 0.824. The summed E-state index contributed by atoms with van der Waals surface area (Å²) in [5.41, 5.74) is 0. The van der Waals surface area contributed by atoms with Crippen LogP contribution in [-0.4, -0.2) is 70.0 Å². The number of rotatable bonds is 61. The van der Waals surface area contributed by atoms with Crippen LogP contribution in [0.25, 0.3) is 0 Å². The Hall–Kier alpha value is -2.29. The number of likely N-dealkylation sites (N-methyl/N-ethyl adjacent to an activating group) is 1. The van der Waals surface area contributed by atoms with Crippen molar-refractivity contribution in [2.24, 2.45) is 0 Å². The van der Waals surface area contributed by atoms with Crippen LogP contribution in [0.1, 0.15) is 309 Å². The van der Waals surface area contributed by atoms with E-state index in [-0.39, 0.29) is 32.0 Å². The van der Waals surface area contributed by atoms with Crippen molar-refractivity contribution in [1.29, 1.82) is 0 Å². The summed E-state index contributed by atoms with van der Waals surface area (Å²) in [6.45, 7) is 4.16. The number of esters is 2. The van der Waals surface area contributed by atoms with Crippen LogP contribution in [0, 0.1) is 0 Å². The molecule has 0 bridgehead atoms. The molecule has 0 saturated heterocycles. The first-order chi connectivity index (χ1) is 38.0. The monoisotopic (exact) mass is 1120 g/mol. The molecule has 0 fully saturated rings. The molecule has 10 heteroatoms. The third-order valence-electron chi connectivity index (χ3n) is 14.5. The molecule has 0 rings (SSSR count). The Balaban J connectivity index is 3.98. The summed E-state index contributed by atoms with van der Waals surface area (Å²) in [4.78, 5) is 38.0. The Bertz CT molecular complexity index is 1500. The lowest BCUT2D eigenvalue weighted by Crippen LogP contribution is -2.37. The summed E-state index contributed by atoms with van der Waals surface area (Å²) in [6, 6.07) is 0. The highest BCUT2D eigenvalue weighted by Gasteiger charge is 2.22. The van der Waals surface area contributed by atoms with E-state index < -0.39 is 26.5 Å². The predicted octanol–water partition coefficient (Wildman–Crippen LogP) is 20.4. The van der Waals surface area contributed by atoms with Crippen molar-refractivity contribution >= 4 is 19.8 Å². The van der Waals surface area contributed by atoms with Crippen LogP contribution in [0.3, 0.4) is 0 Å². The second-order valence-electron chi connectivity index (χ2n) is 23.5. The van der Waals surface area contributed by atoms with Crippen molar-refractivity contribution in [2.45, 2.75) is 315 Å². The molecule has 0 aromatic carbocycles. The molecule has 0 aromatic heterocycles. The summed E-state index contributed by atoms with van der Waals surface area (Å²) in [6.07, 6.45) is 77.2. The van der Waals surface area contributed by atoms with Crippen LogP contribution in [0.4, 0.5) is 0 Å². The van der Waals surface area contributed by atoms with Crippen LogP contribution in [0.2, 0.25) is 0 Å². The molecule has 0 aliphatic rings. The number of quaternary nitrogens is 1. The molecule has 0 aliphatic carbocycles. The molecule has 0 aliphatic heterocycles. The SMILES string of the molecule is CC/C=C\C/C=C\C/C=C\C/C=C\CCCCCCCCCCCCCCCCCCCCCCCCC(=O)OC(COC(=O)CCCCCCCCCCC/C=C\CCCCCCCC)COP(=O)([O-])OCC[N+](C)(C)C. The van der Waals surface area contributed by atoms with Crippen LogP contribution < -0.4 is 4.89 Å². The van der Waals surface area contributed by atoms with E-state index in [0.717, 1.165) is 57.8 Å². The van der Waals surface area contributed by atoms with Gasteiger partial charge in [0.15, 0.2) is 6.10 Å². The zero-order chi connectivity index (χ0) is 57.0. The first-order valence-corrected chi connectivity index (χ1v) is 34.5. The molecular weight excluding hydrogens is 990 g/mol. The fourth-order valence-corrected chi connectivity index (χ4v) is 10.2. The van der Waals surface area contributed by atoms with Crippen LogP contribution in [0.15, 0.2) is 60.8 Å². The maximum Gasteiger partial charge on any atom is 0.306 e. The second-order valence-corrected chi connectivity index (χ2v) is 24.9. The third kappa shape index (κ3) is 62.9. The number of hydrogen-bond donors (Lipinski definition) is 0. The van der Waals surface area contributed by atoms with Gasteiger partial charge in [-0.05, 0) is 77.0 Å². The minimum absolute atomic E-state index is 0.0299. The molecule has 0 saturated carbocycles. The fourth-order valence-electron chi connectivity index (χ4n) is 9.47. The standard InChI is InChI=1S/C68H126NO8P/c1-6-8-10-12-14-16-18-20-22-24-26-27-28-29-30-31-32-33-34-35-36-37-38-39-40-41-43-45-47-49-51-53-55-57-59-61-68(71)77-66(65-76-78(72,73)75-63-62-69(3,4)5)64-74-67(70)60-58-56-54-52-50-48-46-44-42-25-23-21-19-17-15-13-11-9-7-2/h8,10,14,16,20-23,26-27,66H,6-7,9,11-13,15,17-19,24-25,28-65H2,1-5H3/b10-8-,16-14-,22-20-,23-21-,27-26-. The van der Waals surface area contributed by atoms with Crippen LogP contribution in [0.5, 0.6) is 0 Å². The maximum absolute atomic E-state index is 12.8. The van der Waals surface area contributed by atoms with E-state index in [4.69, 9.17) is 18.5 Å². The van der Waals surface area contributed by atoms with Gasteiger partial charge in [0, 0.05) is 12.8 Å². The van der Waals surface area contributed by atoms with Crippen molar-refractivity contribution in [2.75, 3.05) is 47.5 Å². The Morgan fingerprint density at radius 1 is 0.410 bits per heavy atom. The number of allylic oxidation sites excluding steroid dienone is 10. The molecule has 0 N–H and O–H groups in total. The number of phosphoric acid groups is 1. The summed E-state index contributed by atoms with van der Waals surface area (Å²) >= 11 is 0. The van der Waals surface area contributed by atoms with Gasteiger partial charge >= 0.3 is 11.9 Å². The van der Waals surface area contributed by atoms with Gasteiger partial charge in [0.05, 0.1) is 27.7 Å². The largest absolute Gasteiger partial charge is 0.756 e. The highest BCUT2D eigenvalue weighted by Crippen LogP contribution is 2.38. The molecule has 9 nitrogen and oxygen atoms in total. The molecule has 78 heavy (non-hydrogen) atoms. The van der Waals surface area contributed by atoms with Gasteiger partial charge < -0.3 is 27.9 Å². The van der Waals surface area contributed by atoms with Crippen molar-refractivity contribution in [3.05, 3.63) is 60.8 Å². The number of carbonyl (C=O) groups excluding carboxylic acids is 2. The minimum atomic E-state index is -4.64. The molecular formula is C68H126NO8P. The van der Waals surface area contributed by atoms with E-state index in [1.54, 1.807) is 0 Å². The van der Waals surface area contributed by atoms with E-state index in [9.17, 15) is 19.0 Å². The van der Waals surface area contributed by atoms with Gasteiger partial charge in [-0.25, -0.2) is 0 Å². The average Bonchev–Trinajstić information content (AvgIpc) is 3.41. The number of unbranched alkanes of at least 4 members (excludes halogenated alkanes) is 37. The van der Waals surface area contributed by atoms with E-state index in [2.05, 4.69) is 74.6 Å². The lowest BCUT2D eigenvalue weighted by molar-refractivity contribution is -0.870. The molecule has 0 radical (unpaired) electrons. The molecule has 2 unspecified atom stereocenters. The van der Waals surface area contributed by atoms with Crippen molar-refractivity contribution in [3.63, 3.8) is 0 Å². The van der Waals surface area contributed by atoms with Gasteiger partial charge in [-0.1, -0.05) is 280 Å². The molecule has 0 amide bonds. The molecule has 0 aromatic rings. The van der Waals surface area contributed by atoms with Gasteiger partial charge in [-0.15, -0.1) is 0 Å². The number of ether oxygens (including phenoxy) is 2. The summed E-state index contributed by atoms with van der Waals surface area (Å²) < 4.78 is 34.3. The summed E-state index contributed by atoms with van der Waals surface area (Å²) in [7, 11) is 1.18. The van der Waals surface area contributed by atoms with Crippen molar-refractivity contribution in [1.82, 2.24) is 0 Å².